The summed E-state index contributed by atoms with van der Waals surface area (Å²) in [4.78, 5) is 41.0. The molecule has 0 bridgehead atoms. The van der Waals surface area contributed by atoms with E-state index in [1.807, 2.05) is 13.8 Å². The third kappa shape index (κ3) is 13.5. The van der Waals surface area contributed by atoms with E-state index in [4.69, 9.17) is 45.9 Å². The summed E-state index contributed by atoms with van der Waals surface area (Å²) in [5.74, 6) is -1.95. The van der Waals surface area contributed by atoms with E-state index in [-0.39, 0.29) is 28.6 Å². The predicted octanol–water partition coefficient (Wildman–Crippen LogP) is 6.92. The number of rotatable bonds is 14. The number of nitrogens with one attached hydrogen (secondary N) is 1. The molecule has 15 nitrogen and oxygen atoms in total. The van der Waals surface area contributed by atoms with Gasteiger partial charge in [0.25, 0.3) is 10.1 Å². The Kier molecular flexibility index (Phi) is 18.9. The SMILES string of the molecule is CCOC(=O)C1=C(COCCN)NC(C)=C(C(=O)OC)C1c1ccccc1Cl.Cc1nc(-c2ccc(OCC(C)C)c(C#N)c2)sc1C(=O)O.O=S(=O)(O)c1ccccc1. The molecule has 1 aliphatic rings. The summed E-state index contributed by atoms with van der Waals surface area (Å²) < 4.78 is 50.6. The smallest absolute Gasteiger partial charge is 0.347 e. The van der Waals surface area contributed by atoms with Gasteiger partial charge in [-0.25, -0.2) is 19.4 Å². The minimum Gasteiger partial charge on any atom is -0.492 e. The Bertz CT molecular complexity index is 2360. The number of nitrogens with zero attached hydrogens (tertiary/aromatic N) is 2. The largest absolute Gasteiger partial charge is 0.492 e. The Morgan fingerprint density at radius 1 is 1.03 bits per heavy atom. The first kappa shape index (κ1) is 48.8. The fourth-order valence-electron chi connectivity index (χ4n) is 5.56. The molecule has 0 saturated carbocycles. The van der Waals surface area contributed by atoms with Gasteiger partial charge >= 0.3 is 17.9 Å². The number of methoxy groups -OCH3 is 1. The number of carboxylic acid groups (broad SMARTS) is 1. The number of benzene rings is 3. The number of carbonyl (C=O) groups is 3. The van der Waals surface area contributed by atoms with E-state index in [1.54, 1.807) is 81.4 Å². The van der Waals surface area contributed by atoms with Gasteiger partial charge in [0.15, 0.2) is 0 Å². The summed E-state index contributed by atoms with van der Waals surface area (Å²) in [5, 5.41) is 22.5. The molecule has 0 spiro atoms. The van der Waals surface area contributed by atoms with E-state index < -0.39 is 33.9 Å². The lowest BCUT2D eigenvalue weighted by Crippen LogP contribution is -2.35. The summed E-state index contributed by atoms with van der Waals surface area (Å²) in [6.07, 6.45) is 0. The molecule has 2 heterocycles. The molecule has 0 saturated heterocycles. The van der Waals surface area contributed by atoms with Gasteiger partial charge in [0.1, 0.15) is 21.7 Å². The molecule has 0 aliphatic carbocycles. The highest BCUT2D eigenvalue weighted by atomic mass is 35.5. The topological polar surface area (TPSA) is 237 Å². The van der Waals surface area contributed by atoms with Crippen LogP contribution in [0.1, 0.15) is 60.1 Å². The Morgan fingerprint density at radius 2 is 1.70 bits per heavy atom. The van der Waals surface area contributed by atoms with Gasteiger partial charge in [-0.3, -0.25) is 4.55 Å². The van der Waals surface area contributed by atoms with Crippen LogP contribution in [0.2, 0.25) is 5.02 Å². The number of aromatic carboxylic acids is 1. The molecule has 1 aromatic heterocycles. The van der Waals surface area contributed by atoms with Crippen molar-refractivity contribution in [2.45, 2.75) is 45.4 Å². The van der Waals surface area contributed by atoms with Crippen molar-refractivity contribution >= 4 is 51.0 Å². The van der Waals surface area contributed by atoms with Crippen LogP contribution in [0.4, 0.5) is 0 Å². The average molecular weight is 883 g/mol. The lowest BCUT2D eigenvalue weighted by Gasteiger charge is -2.31. The fourth-order valence-corrected chi connectivity index (χ4v) is 7.21. The first-order valence-corrected chi connectivity index (χ1v) is 21.0. The van der Waals surface area contributed by atoms with Crippen molar-refractivity contribution in [2.24, 2.45) is 11.7 Å². The zero-order chi connectivity index (χ0) is 44.6. The van der Waals surface area contributed by atoms with E-state index in [0.717, 1.165) is 11.3 Å². The Balaban J connectivity index is 0.000000265. The molecular weight excluding hydrogens is 836 g/mol. The zero-order valence-corrected chi connectivity index (χ0v) is 36.2. The number of esters is 2. The summed E-state index contributed by atoms with van der Waals surface area (Å²) >= 11 is 7.53. The van der Waals surface area contributed by atoms with Gasteiger partial charge in [0.2, 0.25) is 0 Å². The van der Waals surface area contributed by atoms with Crippen LogP contribution in [0.25, 0.3) is 10.6 Å². The normalized spacial score (nSPS) is 13.5. The van der Waals surface area contributed by atoms with Crippen LogP contribution in [-0.2, 0) is 33.9 Å². The van der Waals surface area contributed by atoms with Gasteiger partial charge in [-0.1, -0.05) is 61.8 Å². The van der Waals surface area contributed by atoms with Crippen molar-refractivity contribution in [3.05, 3.63) is 122 Å². The number of nitrogens with two attached hydrogens (primary N) is 1. The standard InChI is InChI=1S/C20H25ClN2O5.C16H16N2O3S.C6H6O3S/c1-4-28-20(25)18-15(11-27-10-9-22)23-12(2)16(19(24)26-3)17(18)13-7-5-6-8-14(13)21;1-9(2)8-21-13-5-4-11(6-12(13)7-17)15-18-10(3)14(22-15)16(19)20;7-10(8,9)6-4-2-1-3-5-6/h5-8,17,23H,4,9-11,22H2,1-3H3;4-6,9H,8H2,1-3H3,(H,19,20);1-5H,(H,7,8,9). The van der Waals surface area contributed by atoms with Crippen molar-refractivity contribution in [3.8, 4) is 22.4 Å². The number of dihydropyridines is 1. The molecule has 1 atom stereocenters. The molecular formula is C42H47ClN4O11S2. The van der Waals surface area contributed by atoms with Gasteiger partial charge in [-0.2, -0.15) is 13.7 Å². The highest BCUT2D eigenvalue weighted by molar-refractivity contribution is 7.85. The van der Waals surface area contributed by atoms with Crippen LogP contribution in [0, 0.1) is 24.2 Å². The summed E-state index contributed by atoms with van der Waals surface area (Å²) in [7, 11) is -2.71. The first-order chi connectivity index (χ1) is 28.5. The molecule has 320 valence electrons. The lowest BCUT2D eigenvalue weighted by atomic mass is 9.80. The molecule has 5 N–H and O–H groups in total. The number of allylic oxidation sites excluding steroid dienone is 1. The quantitative estimate of drug-likeness (QED) is 0.0571. The van der Waals surface area contributed by atoms with Crippen LogP contribution in [0.5, 0.6) is 5.75 Å². The number of halogens is 1. The molecule has 4 aromatic rings. The predicted molar refractivity (Wildman–Crippen MR) is 226 cm³/mol. The third-order valence-electron chi connectivity index (χ3n) is 8.22. The number of hydrogen-bond donors (Lipinski definition) is 4. The minimum atomic E-state index is -4.00. The van der Waals surface area contributed by atoms with Crippen LogP contribution >= 0.6 is 22.9 Å². The van der Waals surface area contributed by atoms with E-state index in [1.165, 1.54) is 19.2 Å². The van der Waals surface area contributed by atoms with Crippen molar-refractivity contribution in [3.63, 3.8) is 0 Å². The van der Waals surface area contributed by atoms with Gasteiger partial charge in [-0.05, 0) is 68.7 Å². The molecule has 0 fully saturated rings. The van der Waals surface area contributed by atoms with Crippen molar-refractivity contribution in [1.82, 2.24) is 10.3 Å². The van der Waals surface area contributed by atoms with Gasteiger partial charge in [0, 0.05) is 22.8 Å². The monoisotopic (exact) mass is 882 g/mol. The fraction of sp³-hybridized carbons (Fsp3) is 0.310. The van der Waals surface area contributed by atoms with E-state index >= 15 is 0 Å². The van der Waals surface area contributed by atoms with Crippen molar-refractivity contribution in [1.29, 1.82) is 5.26 Å². The van der Waals surface area contributed by atoms with Crippen LogP contribution in [-0.4, -0.2) is 81.1 Å². The molecule has 0 radical (unpaired) electrons. The highest BCUT2D eigenvalue weighted by Crippen LogP contribution is 2.42. The highest BCUT2D eigenvalue weighted by Gasteiger charge is 2.39. The number of aromatic nitrogens is 1. The molecule has 5 rings (SSSR count). The average Bonchev–Trinajstić information content (AvgIpc) is 3.62. The zero-order valence-electron chi connectivity index (χ0n) is 33.9. The number of aryl methyl sites for hydroxylation is 1. The lowest BCUT2D eigenvalue weighted by molar-refractivity contribution is -0.139. The van der Waals surface area contributed by atoms with E-state index in [9.17, 15) is 28.1 Å². The maximum absolute atomic E-state index is 12.9. The molecule has 60 heavy (non-hydrogen) atoms. The summed E-state index contributed by atoms with van der Waals surface area (Å²) in [5.41, 5.74) is 9.31. The molecule has 1 aliphatic heterocycles. The molecule has 0 amide bonds. The second kappa shape index (κ2) is 23.3. The van der Waals surface area contributed by atoms with Crippen LogP contribution < -0.4 is 15.8 Å². The third-order valence-corrected chi connectivity index (χ3v) is 10.6. The number of carbonyl (C=O) groups excluding carboxylic acids is 2. The van der Waals surface area contributed by atoms with E-state index in [2.05, 4.69) is 16.4 Å². The summed E-state index contributed by atoms with van der Waals surface area (Å²) in [6, 6.07) is 21.8. The number of carboxylic acids is 1. The Morgan fingerprint density at radius 3 is 2.23 bits per heavy atom. The van der Waals surface area contributed by atoms with Gasteiger partial charge < -0.3 is 35.1 Å². The maximum atomic E-state index is 12.9. The molecule has 3 aromatic carbocycles. The number of hydrogen-bond acceptors (Lipinski definition) is 14. The second-order valence-corrected chi connectivity index (χ2v) is 15.9. The minimum absolute atomic E-state index is 0.0741. The van der Waals surface area contributed by atoms with Crippen molar-refractivity contribution < 1.29 is 51.4 Å². The summed E-state index contributed by atoms with van der Waals surface area (Å²) in [6.45, 7) is 10.7. The maximum Gasteiger partial charge on any atom is 0.347 e. The Hall–Kier alpha value is -5.61. The van der Waals surface area contributed by atoms with Gasteiger partial charge in [-0.15, -0.1) is 11.3 Å². The van der Waals surface area contributed by atoms with Crippen LogP contribution in [0.15, 0.2) is 100 Å². The Labute approximate surface area is 358 Å². The second-order valence-electron chi connectivity index (χ2n) is 13.1. The van der Waals surface area contributed by atoms with E-state index in [0.29, 0.717) is 80.8 Å². The first-order valence-electron chi connectivity index (χ1n) is 18.4. The number of thiazole rings is 1. The molecule has 18 heteroatoms. The molecule has 1 unspecified atom stereocenters. The van der Waals surface area contributed by atoms with Crippen molar-refractivity contribution in [2.75, 3.05) is 40.1 Å². The number of nitriles is 1. The number of ether oxygens (including phenoxy) is 4. The van der Waals surface area contributed by atoms with Gasteiger partial charge in [0.05, 0.1) is 72.5 Å². The van der Waals surface area contributed by atoms with Crippen LogP contribution in [0.3, 0.4) is 0 Å².